The van der Waals surface area contributed by atoms with Crippen LogP contribution in [0.15, 0.2) is 60.7 Å². The quantitative estimate of drug-likeness (QED) is 0.294. The van der Waals surface area contributed by atoms with E-state index in [2.05, 4.69) is 22.5 Å². The maximum Gasteiger partial charge on any atom is 0.416 e. The number of unbranched alkanes of at least 4 members (excludes halogenated alkanes) is 1. The van der Waals surface area contributed by atoms with Gasteiger partial charge in [-0.15, -0.1) is 0 Å². The summed E-state index contributed by atoms with van der Waals surface area (Å²) in [6, 6.07) is 16.3. The Hall–Kier alpha value is -3.88. The van der Waals surface area contributed by atoms with Gasteiger partial charge in [0.15, 0.2) is 5.65 Å². The molecule has 0 bridgehead atoms. The molecule has 6 nitrogen and oxygen atoms in total. The Morgan fingerprint density at radius 2 is 1.75 bits per heavy atom. The minimum Gasteiger partial charge on any atom is -0.334 e. The topological polar surface area (TPSA) is 71.8 Å². The number of alkyl halides is 3. The lowest BCUT2D eigenvalue weighted by Crippen LogP contribution is -2.28. The van der Waals surface area contributed by atoms with Crippen LogP contribution in [0, 0.1) is 6.92 Å². The van der Waals surface area contributed by atoms with Crippen LogP contribution in [0.3, 0.4) is 0 Å². The molecule has 188 valence electrons. The molecule has 0 unspecified atom stereocenters. The van der Waals surface area contributed by atoms with Crippen molar-refractivity contribution < 1.29 is 18.0 Å². The van der Waals surface area contributed by atoms with Crippen LogP contribution in [0.1, 0.15) is 48.0 Å². The van der Waals surface area contributed by atoms with Crippen molar-refractivity contribution in [3.8, 4) is 0 Å². The van der Waals surface area contributed by atoms with E-state index in [0.29, 0.717) is 41.1 Å². The van der Waals surface area contributed by atoms with Crippen LogP contribution in [0.5, 0.6) is 0 Å². The van der Waals surface area contributed by atoms with E-state index < -0.39 is 11.7 Å². The number of urea groups is 1. The highest BCUT2D eigenvalue weighted by Gasteiger charge is 2.30. The summed E-state index contributed by atoms with van der Waals surface area (Å²) in [5, 5.41) is 5.65. The van der Waals surface area contributed by atoms with E-state index in [1.165, 1.54) is 6.07 Å². The van der Waals surface area contributed by atoms with Crippen LogP contribution in [-0.4, -0.2) is 20.6 Å². The molecule has 4 aromatic rings. The molecule has 2 amide bonds. The molecule has 0 aliphatic carbocycles. The summed E-state index contributed by atoms with van der Waals surface area (Å²) in [7, 11) is 0. The number of halogens is 3. The van der Waals surface area contributed by atoms with Crippen molar-refractivity contribution in [2.24, 2.45) is 0 Å². The molecule has 0 aliphatic heterocycles. The normalized spacial score (nSPS) is 11.6. The minimum absolute atomic E-state index is 0.218. The van der Waals surface area contributed by atoms with E-state index in [9.17, 15) is 18.0 Å². The van der Waals surface area contributed by atoms with Crippen LogP contribution in [-0.2, 0) is 25.7 Å². The van der Waals surface area contributed by atoms with Gasteiger partial charge in [-0.1, -0.05) is 55.8 Å². The smallest absolute Gasteiger partial charge is 0.334 e. The molecule has 4 rings (SSSR count). The summed E-state index contributed by atoms with van der Waals surface area (Å²) in [5.41, 5.74) is 3.08. The van der Waals surface area contributed by atoms with Crippen LogP contribution in [0.4, 0.5) is 23.7 Å². The molecule has 0 spiro atoms. The number of aryl methyl sites for hydroxylation is 2. The van der Waals surface area contributed by atoms with Gasteiger partial charge >= 0.3 is 12.2 Å². The van der Waals surface area contributed by atoms with Gasteiger partial charge in [-0.25, -0.2) is 14.8 Å². The molecule has 2 N–H and O–H groups in total. The van der Waals surface area contributed by atoms with Gasteiger partial charge in [0.1, 0.15) is 11.3 Å². The van der Waals surface area contributed by atoms with Gasteiger partial charge in [0.25, 0.3) is 0 Å². The summed E-state index contributed by atoms with van der Waals surface area (Å²) in [4.78, 5) is 21.9. The number of nitrogens with zero attached hydrogens (tertiary/aromatic N) is 3. The Bertz CT molecular complexity index is 1350. The molecule has 0 aliphatic rings. The molecule has 2 heterocycles. The SMILES string of the molecule is CCCCc1nc2cc(NC(=O)NCc3ccccc3)c(C)nc2n1Cc1cccc(C(F)(F)F)c1. The average molecular weight is 496 g/mol. The summed E-state index contributed by atoms with van der Waals surface area (Å²) in [6.45, 7) is 4.45. The fourth-order valence-corrected chi connectivity index (χ4v) is 3.98. The molecule has 9 heteroatoms. The van der Waals surface area contributed by atoms with Crippen molar-refractivity contribution in [3.05, 3.63) is 88.9 Å². The Balaban J connectivity index is 1.60. The number of nitrogens with one attached hydrogen (secondary N) is 2. The maximum atomic E-state index is 13.2. The maximum absolute atomic E-state index is 13.2. The number of pyridine rings is 1. The van der Waals surface area contributed by atoms with Gasteiger partial charge in [0.05, 0.1) is 23.5 Å². The van der Waals surface area contributed by atoms with Crippen molar-refractivity contribution in [2.75, 3.05) is 5.32 Å². The molecule has 2 aromatic heterocycles. The number of amides is 2. The number of carbonyl (C=O) groups excluding carboxylic acids is 1. The number of anilines is 1. The Kier molecular flexibility index (Phi) is 7.57. The zero-order valence-corrected chi connectivity index (χ0v) is 20.2. The van der Waals surface area contributed by atoms with Crippen molar-refractivity contribution in [1.82, 2.24) is 19.9 Å². The monoisotopic (exact) mass is 495 g/mol. The summed E-state index contributed by atoms with van der Waals surface area (Å²) in [5.74, 6) is 0.752. The van der Waals surface area contributed by atoms with E-state index in [0.717, 1.165) is 36.4 Å². The Morgan fingerprint density at radius 1 is 1.00 bits per heavy atom. The number of fused-ring (bicyclic) bond motifs is 1. The highest BCUT2D eigenvalue weighted by Crippen LogP contribution is 2.30. The lowest BCUT2D eigenvalue weighted by molar-refractivity contribution is -0.137. The van der Waals surface area contributed by atoms with Crippen LogP contribution in [0.25, 0.3) is 11.2 Å². The number of imidazole rings is 1. The fraction of sp³-hybridized carbons (Fsp3) is 0.296. The van der Waals surface area contributed by atoms with Gasteiger partial charge in [-0.2, -0.15) is 13.2 Å². The predicted molar refractivity (Wildman–Crippen MR) is 134 cm³/mol. The van der Waals surface area contributed by atoms with Crippen LogP contribution in [0.2, 0.25) is 0 Å². The van der Waals surface area contributed by atoms with E-state index in [1.54, 1.807) is 19.1 Å². The number of hydrogen-bond acceptors (Lipinski definition) is 3. The summed E-state index contributed by atoms with van der Waals surface area (Å²) >= 11 is 0. The van der Waals surface area contributed by atoms with Gasteiger partial charge in [-0.05, 0) is 42.7 Å². The van der Waals surface area contributed by atoms with Crippen molar-refractivity contribution in [1.29, 1.82) is 0 Å². The number of hydrogen-bond donors (Lipinski definition) is 2. The first kappa shape index (κ1) is 25.2. The Labute approximate surface area is 207 Å². The van der Waals surface area contributed by atoms with Crippen molar-refractivity contribution >= 4 is 22.9 Å². The van der Waals surface area contributed by atoms with Crippen molar-refractivity contribution in [2.45, 2.75) is 52.4 Å². The Morgan fingerprint density at radius 3 is 2.47 bits per heavy atom. The van der Waals surface area contributed by atoms with Gasteiger partial charge in [0.2, 0.25) is 0 Å². The number of carbonyl (C=O) groups is 1. The zero-order chi connectivity index (χ0) is 25.7. The third-order valence-corrected chi connectivity index (χ3v) is 5.88. The molecule has 0 fully saturated rings. The van der Waals surface area contributed by atoms with E-state index >= 15 is 0 Å². The van der Waals surface area contributed by atoms with Crippen LogP contribution >= 0.6 is 0 Å². The first-order chi connectivity index (χ1) is 17.2. The van der Waals surface area contributed by atoms with Gasteiger partial charge in [0, 0.05) is 13.0 Å². The first-order valence-corrected chi connectivity index (χ1v) is 11.9. The second-order valence-electron chi connectivity index (χ2n) is 8.67. The number of aromatic nitrogens is 3. The van der Waals surface area contributed by atoms with E-state index in [4.69, 9.17) is 4.98 Å². The molecule has 2 aromatic carbocycles. The van der Waals surface area contributed by atoms with Crippen molar-refractivity contribution in [3.63, 3.8) is 0 Å². The third-order valence-electron chi connectivity index (χ3n) is 5.88. The third kappa shape index (κ3) is 6.02. The van der Waals surface area contributed by atoms with E-state index in [-0.39, 0.29) is 12.6 Å². The molecule has 0 saturated heterocycles. The molecule has 0 saturated carbocycles. The predicted octanol–water partition coefficient (Wildman–Crippen LogP) is 6.47. The zero-order valence-electron chi connectivity index (χ0n) is 20.2. The lowest BCUT2D eigenvalue weighted by atomic mass is 10.1. The lowest BCUT2D eigenvalue weighted by Gasteiger charge is -2.13. The molecular formula is C27H28F3N5O. The van der Waals surface area contributed by atoms with Gasteiger partial charge in [-0.3, -0.25) is 0 Å². The largest absolute Gasteiger partial charge is 0.416 e. The molecule has 36 heavy (non-hydrogen) atoms. The highest BCUT2D eigenvalue weighted by atomic mass is 19.4. The molecular weight excluding hydrogens is 467 g/mol. The number of rotatable bonds is 8. The standard InChI is InChI=1S/C27H28F3N5O/c1-3-4-13-24-33-23-15-22(34-26(36)31-16-19-9-6-5-7-10-19)18(2)32-25(23)35(24)17-20-11-8-12-21(14-20)27(28,29)30/h5-12,14-15H,3-4,13,16-17H2,1-2H3,(H2,31,34,36). The molecule has 0 radical (unpaired) electrons. The summed E-state index contributed by atoms with van der Waals surface area (Å²) < 4.78 is 41.5. The van der Waals surface area contributed by atoms with E-state index in [1.807, 2.05) is 34.9 Å². The second kappa shape index (κ2) is 10.8. The van der Waals surface area contributed by atoms with Crippen LogP contribution < -0.4 is 10.6 Å². The fourth-order valence-electron chi connectivity index (χ4n) is 3.98. The minimum atomic E-state index is -4.41. The van der Waals surface area contributed by atoms with Gasteiger partial charge < -0.3 is 15.2 Å². The summed E-state index contributed by atoms with van der Waals surface area (Å²) in [6.07, 6.45) is -1.90. The highest BCUT2D eigenvalue weighted by molar-refractivity contribution is 5.92. The first-order valence-electron chi connectivity index (χ1n) is 11.9. The second-order valence-corrected chi connectivity index (χ2v) is 8.67. The average Bonchev–Trinajstić information content (AvgIpc) is 3.17. The molecule has 0 atom stereocenters. The number of benzene rings is 2.